The molecule has 1 heterocycles. The fourth-order valence-corrected chi connectivity index (χ4v) is 2.54. The van der Waals surface area contributed by atoms with Crippen LogP contribution in [0.25, 0.3) is 0 Å². The van der Waals surface area contributed by atoms with Gasteiger partial charge in [-0.05, 0) is 38.6 Å². The molecular formula is C14H20FN3O2. The van der Waals surface area contributed by atoms with Crippen molar-refractivity contribution in [2.45, 2.75) is 25.3 Å². The van der Waals surface area contributed by atoms with Gasteiger partial charge in [-0.3, -0.25) is 0 Å². The standard InChI is InChI=1S/C14H20FN3O2/c1-18-5-3-2-4-9(18)8-17-13-7-11(15)10(14(19)20)6-12(13)16/h6-7,9,17H,2-5,8,16H2,1H3,(H,19,20). The number of hydrogen-bond donors (Lipinski definition) is 3. The Hall–Kier alpha value is -1.82. The van der Waals surface area contributed by atoms with E-state index in [2.05, 4.69) is 17.3 Å². The summed E-state index contributed by atoms with van der Waals surface area (Å²) in [5, 5.41) is 11.9. The largest absolute Gasteiger partial charge is 0.478 e. The Balaban J connectivity index is 2.06. The van der Waals surface area contributed by atoms with E-state index in [-0.39, 0.29) is 5.69 Å². The second kappa shape index (κ2) is 6.09. The van der Waals surface area contributed by atoms with E-state index in [1.807, 2.05) is 0 Å². The molecule has 1 aromatic carbocycles. The summed E-state index contributed by atoms with van der Waals surface area (Å²) >= 11 is 0. The highest BCUT2D eigenvalue weighted by Gasteiger charge is 2.19. The third kappa shape index (κ3) is 3.19. The molecule has 2 rings (SSSR count). The molecule has 4 N–H and O–H groups in total. The van der Waals surface area contributed by atoms with Crippen molar-refractivity contribution in [3.05, 3.63) is 23.5 Å². The number of nitrogen functional groups attached to an aromatic ring is 1. The smallest absolute Gasteiger partial charge is 0.338 e. The normalized spacial score (nSPS) is 19.8. The van der Waals surface area contributed by atoms with Crippen molar-refractivity contribution in [2.75, 3.05) is 31.2 Å². The molecule has 1 saturated heterocycles. The minimum absolute atomic E-state index is 0.252. The summed E-state index contributed by atoms with van der Waals surface area (Å²) in [4.78, 5) is 13.1. The van der Waals surface area contributed by atoms with E-state index >= 15 is 0 Å². The number of nitrogens with zero attached hydrogens (tertiary/aromatic N) is 1. The summed E-state index contributed by atoms with van der Waals surface area (Å²) in [6.45, 7) is 1.74. The topological polar surface area (TPSA) is 78.6 Å². The summed E-state index contributed by atoms with van der Waals surface area (Å²) < 4.78 is 13.6. The van der Waals surface area contributed by atoms with Crippen molar-refractivity contribution >= 4 is 17.3 Å². The van der Waals surface area contributed by atoms with E-state index in [1.165, 1.54) is 12.8 Å². The van der Waals surface area contributed by atoms with Gasteiger partial charge in [0.25, 0.3) is 0 Å². The molecule has 0 saturated carbocycles. The van der Waals surface area contributed by atoms with E-state index in [0.717, 1.165) is 25.1 Å². The first kappa shape index (κ1) is 14.6. The minimum atomic E-state index is -1.31. The van der Waals surface area contributed by atoms with Crippen LogP contribution in [0.2, 0.25) is 0 Å². The van der Waals surface area contributed by atoms with Gasteiger partial charge in [-0.2, -0.15) is 0 Å². The van der Waals surface area contributed by atoms with Crippen molar-refractivity contribution in [2.24, 2.45) is 0 Å². The molecule has 0 bridgehead atoms. The Kier molecular flexibility index (Phi) is 4.44. The van der Waals surface area contributed by atoms with Crippen molar-refractivity contribution < 1.29 is 14.3 Å². The fourth-order valence-electron chi connectivity index (χ4n) is 2.54. The number of carbonyl (C=O) groups is 1. The molecule has 110 valence electrons. The summed E-state index contributed by atoms with van der Waals surface area (Å²) in [6, 6.07) is 2.71. The fraction of sp³-hybridized carbons (Fsp3) is 0.500. The van der Waals surface area contributed by atoms with Gasteiger partial charge in [0.15, 0.2) is 0 Å². The highest BCUT2D eigenvalue weighted by molar-refractivity contribution is 5.90. The van der Waals surface area contributed by atoms with Crippen LogP contribution in [-0.2, 0) is 0 Å². The summed E-state index contributed by atoms with van der Waals surface area (Å²) in [5.41, 5.74) is 6.07. The molecule has 1 unspecified atom stereocenters. The number of anilines is 2. The third-order valence-corrected chi connectivity index (χ3v) is 3.82. The number of likely N-dealkylation sites (N-methyl/N-ethyl adjacent to an activating group) is 1. The molecule has 1 fully saturated rings. The van der Waals surface area contributed by atoms with E-state index in [1.54, 1.807) is 0 Å². The van der Waals surface area contributed by atoms with Gasteiger partial charge < -0.3 is 21.1 Å². The van der Waals surface area contributed by atoms with Crippen LogP contribution in [0.15, 0.2) is 12.1 Å². The van der Waals surface area contributed by atoms with Gasteiger partial charge in [0, 0.05) is 12.6 Å². The number of carboxylic acid groups (broad SMARTS) is 1. The average Bonchev–Trinajstić information content (AvgIpc) is 2.40. The predicted octanol–water partition coefficient (Wildman–Crippen LogP) is 2.00. The zero-order chi connectivity index (χ0) is 14.7. The number of hydrogen-bond acceptors (Lipinski definition) is 4. The van der Waals surface area contributed by atoms with Gasteiger partial charge in [-0.1, -0.05) is 6.42 Å². The molecule has 0 spiro atoms. The zero-order valence-electron chi connectivity index (χ0n) is 11.5. The van der Waals surface area contributed by atoms with Crippen LogP contribution in [0, 0.1) is 5.82 Å². The maximum atomic E-state index is 13.6. The number of aromatic carboxylic acids is 1. The van der Waals surface area contributed by atoms with Crippen molar-refractivity contribution in [1.82, 2.24) is 4.90 Å². The lowest BCUT2D eigenvalue weighted by atomic mass is 10.0. The summed E-state index contributed by atoms with van der Waals surface area (Å²) in [5.74, 6) is -2.08. The maximum absolute atomic E-state index is 13.6. The molecule has 0 amide bonds. The number of nitrogens with one attached hydrogen (secondary N) is 1. The number of benzene rings is 1. The van der Waals surface area contributed by atoms with E-state index in [4.69, 9.17) is 10.8 Å². The van der Waals surface area contributed by atoms with Crippen molar-refractivity contribution in [3.63, 3.8) is 0 Å². The molecule has 1 aliphatic rings. The highest BCUT2D eigenvalue weighted by atomic mass is 19.1. The molecule has 1 atom stereocenters. The molecule has 5 nitrogen and oxygen atoms in total. The van der Waals surface area contributed by atoms with Gasteiger partial charge in [-0.15, -0.1) is 0 Å². The number of rotatable bonds is 4. The first-order valence-electron chi connectivity index (χ1n) is 6.75. The summed E-state index contributed by atoms with van der Waals surface area (Å²) in [6.07, 6.45) is 3.49. The molecule has 0 aromatic heterocycles. The van der Waals surface area contributed by atoms with Gasteiger partial charge in [0.1, 0.15) is 5.82 Å². The lowest BCUT2D eigenvalue weighted by Gasteiger charge is -2.32. The van der Waals surface area contributed by atoms with E-state index in [9.17, 15) is 9.18 Å². The Morgan fingerprint density at radius 2 is 2.30 bits per heavy atom. The predicted molar refractivity (Wildman–Crippen MR) is 76.5 cm³/mol. The van der Waals surface area contributed by atoms with Gasteiger partial charge in [0.05, 0.1) is 16.9 Å². The van der Waals surface area contributed by atoms with Crippen LogP contribution in [0.4, 0.5) is 15.8 Å². The second-order valence-corrected chi connectivity index (χ2v) is 5.24. The lowest BCUT2D eigenvalue weighted by Crippen LogP contribution is -2.40. The lowest BCUT2D eigenvalue weighted by molar-refractivity contribution is 0.0692. The van der Waals surface area contributed by atoms with Gasteiger partial charge >= 0.3 is 5.97 Å². The Morgan fingerprint density at radius 3 is 2.95 bits per heavy atom. The molecule has 1 aliphatic heterocycles. The molecule has 0 aliphatic carbocycles. The maximum Gasteiger partial charge on any atom is 0.338 e. The number of halogens is 1. The first-order chi connectivity index (χ1) is 9.49. The number of nitrogens with two attached hydrogens (primary N) is 1. The molecular weight excluding hydrogens is 261 g/mol. The quantitative estimate of drug-likeness (QED) is 0.736. The molecule has 0 radical (unpaired) electrons. The van der Waals surface area contributed by atoms with Crippen LogP contribution in [0.1, 0.15) is 29.6 Å². The van der Waals surface area contributed by atoms with Crippen LogP contribution in [-0.4, -0.2) is 42.2 Å². The second-order valence-electron chi connectivity index (χ2n) is 5.24. The molecule has 1 aromatic rings. The summed E-state index contributed by atoms with van der Waals surface area (Å²) in [7, 11) is 2.07. The molecule has 20 heavy (non-hydrogen) atoms. The van der Waals surface area contributed by atoms with Crippen LogP contribution >= 0.6 is 0 Å². The number of carboxylic acids is 1. The van der Waals surface area contributed by atoms with Gasteiger partial charge in [-0.25, -0.2) is 9.18 Å². The van der Waals surface area contributed by atoms with Crippen LogP contribution in [0.3, 0.4) is 0 Å². The zero-order valence-corrected chi connectivity index (χ0v) is 11.5. The Labute approximate surface area is 117 Å². The van der Waals surface area contributed by atoms with Gasteiger partial charge in [0.2, 0.25) is 0 Å². The van der Waals surface area contributed by atoms with Crippen molar-refractivity contribution in [3.8, 4) is 0 Å². The number of likely N-dealkylation sites (tertiary alicyclic amines) is 1. The van der Waals surface area contributed by atoms with Crippen LogP contribution < -0.4 is 11.1 Å². The average molecular weight is 281 g/mol. The first-order valence-corrected chi connectivity index (χ1v) is 6.75. The van der Waals surface area contributed by atoms with Crippen LogP contribution in [0.5, 0.6) is 0 Å². The SMILES string of the molecule is CN1CCCCC1CNc1cc(F)c(C(=O)O)cc1N. The third-order valence-electron chi connectivity index (χ3n) is 3.82. The van der Waals surface area contributed by atoms with E-state index < -0.39 is 17.3 Å². The Bertz CT molecular complexity index is 507. The minimum Gasteiger partial charge on any atom is -0.478 e. The number of piperidine rings is 1. The highest BCUT2D eigenvalue weighted by Crippen LogP contribution is 2.24. The molecule has 6 heteroatoms. The Morgan fingerprint density at radius 1 is 1.55 bits per heavy atom. The van der Waals surface area contributed by atoms with E-state index in [0.29, 0.717) is 18.3 Å². The monoisotopic (exact) mass is 281 g/mol. The van der Waals surface area contributed by atoms with Crippen molar-refractivity contribution in [1.29, 1.82) is 0 Å².